The van der Waals surface area contributed by atoms with Gasteiger partial charge in [0, 0.05) is 6.20 Å². The minimum absolute atomic E-state index is 0.00755. The number of fused-ring (bicyclic) bond motifs is 1. The van der Waals surface area contributed by atoms with Crippen LogP contribution in [0.1, 0.15) is 5.56 Å². The van der Waals surface area contributed by atoms with Crippen molar-refractivity contribution in [2.24, 2.45) is 0 Å². The first-order valence-corrected chi connectivity index (χ1v) is 9.58. The molecule has 0 bridgehead atoms. The Morgan fingerprint density at radius 1 is 1.12 bits per heavy atom. The Bertz CT molecular complexity index is 1580. The zero-order valence-corrected chi connectivity index (χ0v) is 17.6. The number of nitrogens with zero attached hydrogens (tertiary/aromatic N) is 3. The van der Waals surface area contributed by atoms with Crippen molar-refractivity contribution in [3.8, 4) is 29.1 Å². The zero-order valence-electron chi connectivity index (χ0n) is 16.1. The molecule has 2 aromatic carbocycles. The van der Waals surface area contributed by atoms with Crippen LogP contribution in [0.3, 0.4) is 0 Å². The highest BCUT2D eigenvalue weighted by molar-refractivity contribution is 6.37. The largest absolute Gasteiger partial charge is 0.496 e. The van der Waals surface area contributed by atoms with Crippen molar-refractivity contribution in [1.29, 1.82) is 5.26 Å². The number of methoxy groups -OCH3 is 1. The normalized spacial score (nSPS) is 10.7. The lowest BCUT2D eigenvalue weighted by molar-refractivity contribution is 0.418. The summed E-state index contributed by atoms with van der Waals surface area (Å²) < 4.78 is 12.0. The third-order valence-electron chi connectivity index (χ3n) is 4.49. The Morgan fingerprint density at radius 3 is 2.50 bits per heavy atom. The second kappa shape index (κ2) is 8.22. The van der Waals surface area contributed by atoms with Gasteiger partial charge < -0.3 is 9.47 Å². The fraction of sp³-hybridized carbons (Fsp3) is 0.0500. The minimum Gasteiger partial charge on any atom is -0.496 e. The van der Waals surface area contributed by atoms with Crippen LogP contribution in [0, 0.1) is 11.3 Å². The molecule has 0 atom stereocenters. The fourth-order valence-electron chi connectivity index (χ4n) is 3.03. The maximum absolute atomic E-state index is 12.2. The Morgan fingerprint density at radius 2 is 1.84 bits per heavy atom. The van der Waals surface area contributed by atoms with Crippen molar-refractivity contribution >= 4 is 34.0 Å². The lowest BCUT2D eigenvalue weighted by atomic mass is 10.2. The van der Waals surface area contributed by atoms with Crippen molar-refractivity contribution in [3.63, 3.8) is 0 Å². The Kier molecular flexibility index (Phi) is 5.44. The quantitative estimate of drug-likeness (QED) is 0.465. The van der Waals surface area contributed by atoms with Gasteiger partial charge in [0.05, 0.1) is 33.6 Å². The van der Waals surface area contributed by atoms with Gasteiger partial charge in [-0.3, -0.25) is 19.1 Å². The fourth-order valence-corrected chi connectivity index (χ4v) is 3.58. The molecule has 10 nitrogen and oxygen atoms in total. The topological polar surface area (TPSA) is 143 Å². The van der Waals surface area contributed by atoms with E-state index < -0.39 is 16.8 Å². The maximum Gasteiger partial charge on any atom is 0.332 e. The molecule has 2 aromatic heterocycles. The number of hydrogen-bond acceptors (Lipinski definition) is 7. The summed E-state index contributed by atoms with van der Waals surface area (Å²) in [7, 11) is 1.43. The SMILES string of the molecule is COc1cccc2c(Oc3c(Cl)cc(-n4cc(C#N)c(=O)[nH]c4=O)cc3Cl)n[nH]c(=O)c12. The van der Waals surface area contributed by atoms with Gasteiger partial charge in [-0.15, -0.1) is 5.10 Å². The van der Waals surface area contributed by atoms with Gasteiger partial charge in [0.2, 0.25) is 5.88 Å². The number of nitriles is 1. The lowest BCUT2D eigenvalue weighted by Gasteiger charge is -2.13. The van der Waals surface area contributed by atoms with Gasteiger partial charge in [-0.2, -0.15) is 5.26 Å². The molecule has 0 saturated heterocycles. The smallest absolute Gasteiger partial charge is 0.332 e. The molecule has 2 N–H and O–H groups in total. The average Bonchev–Trinajstić information content (AvgIpc) is 2.77. The van der Waals surface area contributed by atoms with Crippen LogP contribution in [0.5, 0.6) is 17.4 Å². The second-order valence-corrected chi connectivity index (χ2v) is 7.18. The summed E-state index contributed by atoms with van der Waals surface area (Å²) in [5.41, 5.74) is -2.14. The number of benzene rings is 2. The third-order valence-corrected chi connectivity index (χ3v) is 5.05. The van der Waals surface area contributed by atoms with Crippen LogP contribution in [-0.2, 0) is 0 Å². The van der Waals surface area contributed by atoms with E-state index in [1.165, 1.54) is 19.2 Å². The van der Waals surface area contributed by atoms with E-state index >= 15 is 0 Å². The van der Waals surface area contributed by atoms with E-state index in [1.54, 1.807) is 24.3 Å². The summed E-state index contributed by atoms with van der Waals surface area (Å²) in [6.45, 7) is 0. The predicted molar refractivity (Wildman–Crippen MR) is 116 cm³/mol. The van der Waals surface area contributed by atoms with Gasteiger partial charge in [-0.05, 0) is 24.3 Å². The van der Waals surface area contributed by atoms with Crippen molar-refractivity contribution in [3.05, 3.63) is 83.3 Å². The summed E-state index contributed by atoms with van der Waals surface area (Å²) in [5.74, 6) is 0.357. The van der Waals surface area contributed by atoms with Crippen molar-refractivity contribution in [2.45, 2.75) is 0 Å². The van der Waals surface area contributed by atoms with E-state index in [0.29, 0.717) is 11.1 Å². The van der Waals surface area contributed by atoms with Gasteiger partial charge in [0.25, 0.3) is 11.1 Å². The number of H-pyrrole nitrogens is 2. The standard InChI is InChI=1S/C20H11Cl2N5O5/c1-31-14-4-2-3-11-15(14)18(29)25-26-19(11)32-16-12(21)5-10(6-13(16)22)27-8-9(7-23)17(28)24-20(27)30/h2-6,8H,1H3,(H,25,29)(H,24,28,30). The number of rotatable bonds is 4. The monoisotopic (exact) mass is 471 g/mol. The summed E-state index contributed by atoms with van der Waals surface area (Å²) in [4.78, 5) is 38.1. The number of ether oxygens (including phenoxy) is 2. The van der Waals surface area contributed by atoms with Crippen LogP contribution in [0.4, 0.5) is 0 Å². The molecule has 0 unspecified atom stereocenters. The van der Waals surface area contributed by atoms with E-state index in [2.05, 4.69) is 10.2 Å². The summed E-state index contributed by atoms with van der Waals surface area (Å²) in [6.07, 6.45) is 1.08. The van der Waals surface area contributed by atoms with Gasteiger partial charge >= 0.3 is 5.69 Å². The molecule has 4 rings (SSSR count). The van der Waals surface area contributed by atoms with Gasteiger partial charge in [-0.1, -0.05) is 29.3 Å². The van der Waals surface area contributed by atoms with Gasteiger partial charge in [0.1, 0.15) is 17.4 Å². The molecule has 0 aliphatic rings. The molecular formula is C20H11Cl2N5O5. The summed E-state index contributed by atoms with van der Waals surface area (Å²) >= 11 is 12.7. The Hall–Kier alpha value is -4.07. The number of halogens is 2. The molecule has 160 valence electrons. The molecule has 2 heterocycles. The summed E-state index contributed by atoms with van der Waals surface area (Å²) in [5, 5.41) is 15.9. The molecule has 12 heteroatoms. The predicted octanol–water partition coefficient (Wildman–Crippen LogP) is 2.74. The summed E-state index contributed by atoms with van der Waals surface area (Å²) in [6, 6.07) is 9.32. The first kappa shape index (κ1) is 21.2. The van der Waals surface area contributed by atoms with Gasteiger partial charge in [-0.25, -0.2) is 9.89 Å². The molecule has 32 heavy (non-hydrogen) atoms. The zero-order chi connectivity index (χ0) is 23.0. The van der Waals surface area contributed by atoms with E-state index in [1.807, 2.05) is 4.98 Å². The van der Waals surface area contributed by atoms with E-state index in [0.717, 1.165) is 10.8 Å². The van der Waals surface area contributed by atoms with Crippen LogP contribution < -0.4 is 26.3 Å². The molecule has 0 saturated carbocycles. The molecule has 0 aliphatic heterocycles. The number of nitrogens with one attached hydrogen (secondary N) is 2. The van der Waals surface area contributed by atoms with E-state index in [9.17, 15) is 14.4 Å². The van der Waals surface area contributed by atoms with Crippen LogP contribution in [-0.4, -0.2) is 26.9 Å². The third kappa shape index (κ3) is 3.60. The van der Waals surface area contributed by atoms with Crippen molar-refractivity contribution in [2.75, 3.05) is 7.11 Å². The molecule has 0 radical (unpaired) electrons. The lowest BCUT2D eigenvalue weighted by Crippen LogP contribution is -2.30. The van der Waals surface area contributed by atoms with E-state index in [4.69, 9.17) is 37.9 Å². The molecule has 0 fully saturated rings. The van der Waals surface area contributed by atoms with Crippen LogP contribution in [0.15, 0.2) is 50.9 Å². The number of hydrogen-bond donors (Lipinski definition) is 2. The molecule has 0 spiro atoms. The Balaban J connectivity index is 1.83. The number of aromatic amines is 2. The minimum atomic E-state index is -0.808. The van der Waals surface area contributed by atoms with E-state index in [-0.39, 0.29) is 38.3 Å². The first-order chi connectivity index (χ1) is 15.3. The van der Waals surface area contributed by atoms with Crippen molar-refractivity contribution < 1.29 is 9.47 Å². The molecule has 0 aliphatic carbocycles. The highest BCUT2D eigenvalue weighted by atomic mass is 35.5. The highest BCUT2D eigenvalue weighted by Gasteiger charge is 2.18. The molecular weight excluding hydrogens is 461 g/mol. The Labute approximate surface area is 188 Å². The average molecular weight is 472 g/mol. The molecule has 4 aromatic rings. The second-order valence-electron chi connectivity index (χ2n) is 6.37. The first-order valence-electron chi connectivity index (χ1n) is 8.82. The van der Waals surface area contributed by atoms with Crippen molar-refractivity contribution in [1.82, 2.24) is 19.7 Å². The highest BCUT2D eigenvalue weighted by Crippen LogP contribution is 2.39. The van der Waals surface area contributed by atoms with Crippen LogP contribution in [0.25, 0.3) is 16.5 Å². The van der Waals surface area contributed by atoms with Crippen LogP contribution >= 0.6 is 23.2 Å². The van der Waals surface area contributed by atoms with Gasteiger partial charge in [0.15, 0.2) is 5.75 Å². The van der Waals surface area contributed by atoms with Crippen LogP contribution in [0.2, 0.25) is 10.0 Å². The number of aromatic nitrogens is 4. The molecule has 0 amide bonds. The maximum atomic E-state index is 12.2.